The lowest BCUT2D eigenvalue weighted by Crippen LogP contribution is -2.36. The van der Waals surface area contributed by atoms with E-state index in [1.54, 1.807) is 0 Å². The van der Waals surface area contributed by atoms with E-state index in [0.29, 0.717) is 12.1 Å². The summed E-state index contributed by atoms with van der Waals surface area (Å²) in [6, 6.07) is 1.38. The lowest BCUT2D eigenvalue weighted by Gasteiger charge is -2.28. The third-order valence-electron chi connectivity index (χ3n) is 1.69. The summed E-state index contributed by atoms with van der Waals surface area (Å²) in [4.78, 5) is 2.46. The van der Waals surface area contributed by atoms with Crippen LogP contribution in [-0.4, -0.2) is 23.5 Å². The van der Waals surface area contributed by atoms with Crippen LogP contribution < -0.4 is 0 Å². The number of hydrogen-bond donors (Lipinski definition) is 0. The number of hydrogen-bond acceptors (Lipinski definition) is 1. The molecule has 0 N–H and O–H groups in total. The summed E-state index contributed by atoms with van der Waals surface area (Å²) >= 11 is 0. The number of halogens is 3. The fraction of sp³-hybridized carbons (Fsp3) is 1.00. The smallest absolute Gasteiger partial charge is 0.00411 e. The van der Waals surface area contributed by atoms with Gasteiger partial charge in [0.05, 0.1) is 0 Å². The minimum atomic E-state index is 0. The van der Waals surface area contributed by atoms with Gasteiger partial charge in [-0.25, -0.2) is 0 Å². The Morgan fingerprint density at radius 1 is 0.833 bits per heavy atom. The van der Waals surface area contributed by atoms with Gasteiger partial charge >= 0.3 is 0 Å². The second-order valence-corrected chi connectivity index (χ2v) is 3.02. The van der Waals surface area contributed by atoms with Crippen molar-refractivity contribution < 1.29 is 14.1 Å². The van der Waals surface area contributed by atoms with Crippen LogP contribution in [-0.2, 0) is 0 Å². The maximum atomic E-state index is 2.46. The summed E-state index contributed by atoms with van der Waals surface area (Å²) in [7, 11) is 0. The highest BCUT2D eigenvalue weighted by atomic mass is 19.0. The molecule has 0 aliphatic carbocycles. The van der Waals surface area contributed by atoms with Crippen LogP contribution in [0.4, 0.5) is 14.1 Å². The van der Waals surface area contributed by atoms with Crippen LogP contribution in [0.3, 0.4) is 0 Å². The van der Waals surface area contributed by atoms with E-state index in [4.69, 9.17) is 0 Å². The van der Waals surface area contributed by atoms with Gasteiger partial charge in [0.2, 0.25) is 0 Å². The topological polar surface area (TPSA) is 3.24 Å². The van der Waals surface area contributed by atoms with Gasteiger partial charge in [-0.1, -0.05) is 6.92 Å². The highest BCUT2D eigenvalue weighted by molar-refractivity contribution is 4.64. The van der Waals surface area contributed by atoms with Gasteiger partial charge < -0.3 is 0 Å². The Bertz CT molecular complexity index is 68.7. The molecule has 0 bridgehead atoms. The lowest BCUT2D eigenvalue weighted by molar-refractivity contribution is 0.185. The molecule has 0 atom stereocenters. The highest BCUT2D eigenvalue weighted by Crippen LogP contribution is 2.02. The first-order valence-corrected chi connectivity index (χ1v) is 3.85. The first kappa shape index (κ1) is 22.6. The lowest BCUT2D eigenvalue weighted by atomic mass is 10.2. The van der Waals surface area contributed by atoms with Gasteiger partial charge in [0.15, 0.2) is 0 Å². The first-order chi connectivity index (χ1) is 4.09. The second kappa shape index (κ2) is 10.8. The Morgan fingerprint density at radius 2 is 1.08 bits per heavy atom. The Hall–Kier alpha value is -0.250. The number of nitrogens with zero attached hydrogens (tertiary/aromatic N) is 1. The second-order valence-electron chi connectivity index (χ2n) is 3.02. The molecule has 1 nitrogen and oxygen atoms in total. The molecule has 0 aliphatic rings. The average Bonchev–Trinajstić information content (AvgIpc) is 1.64. The van der Waals surface area contributed by atoms with Crippen molar-refractivity contribution in [2.45, 2.75) is 46.7 Å². The zero-order valence-electron chi connectivity index (χ0n) is 8.53. The van der Waals surface area contributed by atoms with Crippen LogP contribution in [0.25, 0.3) is 0 Å². The van der Waals surface area contributed by atoms with Crippen molar-refractivity contribution in [3.05, 3.63) is 0 Å². The molecule has 0 saturated heterocycles. The molecule has 0 rings (SSSR count). The highest BCUT2D eigenvalue weighted by Gasteiger charge is 2.08. The van der Waals surface area contributed by atoms with E-state index in [2.05, 4.69) is 39.5 Å². The van der Waals surface area contributed by atoms with E-state index >= 15 is 0 Å². The molecule has 0 aliphatic heterocycles. The van der Waals surface area contributed by atoms with Crippen LogP contribution in [0.5, 0.6) is 0 Å². The summed E-state index contributed by atoms with van der Waals surface area (Å²) in [6.07, 6.45) is 0. The minimum absolute atomic E-state index is 0. The van der Waals surface area contributed by atoms with Crippen molar-refractivity contribution in [3.8, 4) is 0 Å². The van der Waals surface area contributed by atoms with Crippen LogP contribution in [0, 0.1) is 0 Å². The third kappa shape index (κ3) is 7.85. The summed E-state index contributed by atoms with van der Waals surface area (Å²) in [5, 5.41) is 0. The molecule has 0 saturated carbocycles. The normalized spacial score (nSPS) is 9.00. The van der Waals surface area contributed by atoms with Crippen molar-refractivity contribution in [3.63, 3.8) is 0 Å². The largest absolute Gasteiger partial charge is 0.299 e. The van der Waals surface area contributed by atoms with Crippen molar-refractivity contribution in [2.24, 2.45) is 0 Å². The molecule has 0 unspecified atom stereocenters. The molecule has 0 aromatic heterocycles. The maximum Gasteiger partial charge on any atom is 0.00411 e. The van der Waals surface area contributed by atoms with Crippen molar-refractivity contribution in [1.29, 1.82) is 0 Å². The summed E-state index contributed by atoms with van der Waals surface area (Å²) in [6.45, 7) is 12.3. The summed E-state index contributed by atoms with van der Waals surface area (Å²) in [5.41, 5.74) is 0. The molecule has 0 amide bonds. The Kier molecular flexibility index (Phi) is 20.3. The van der Waals surface area contributed by atoms with Crippen LogP contribution in [0.1, 0.15) is 34.6 Å². The Balaban J connectivity index is -0.000000107. The molecule has 0 spiro atoms. The molecule has 80 valence electrons. The Morgan fingerprint density at radius 3 is 1.08 bits per heavy atom. The van der Waals surface area contributed by atoms with Gasteiger partial charge in [-0.2, -0.15) is 0 Å². The molecule has 0 heterocycles. The molecule has 0 radical (unpaired) electrons. The molecule has 4 heteroatoms. The molecular formula is C8H22F3N. The van der Waals surface area contributed by atoms with Crippen LogP contribution in [0.15, 0.2) is 0 Å². The predicted octanol–water partition coefficient (Wildman–Crippen LogP) is 2.58. The van der Waals surface area contributed by atoms with Gasteiger partial charge in [0.1, 0.15) is 0 Å². The van der Waals surface area contributed by atoms with Crippen LogP contribution in [0.2, 0.25) is 0 Å². The van der Waals surface area contributed by atoms with E-state index < -0.39 is 0 Å². The number of rotatable bonds is 3. The van der Waals surface area contributed by atoms with Crippen molar-refractivity contribution >= 4 is 0 Å². The van der Waals surface area contributed by atoms with Gasteiger partial charge in [0, 0.05) is 12.1 Å². The zero-order valence-corrected chi connectivity index (χ0v) is 8.53. The molecule has 0 fully saturated rings. The molecule has 12 heavy (non-hydrogen) atoms. The predicted molar refractivity (Wildman–Crippen MR) is 50.2 cm³/mol. The van der Waals surface area contributed by atoms with Gasteiger partial charge in [0.25, 0.3) is 0 Å². The maximum absolute atomic E-state index is 2.46. The van der Waals surface area contributed by atoms with Crippen molar-refractivity contribution in [1.82, 2.24) is 4.90 Å². The zero-order chi connectivity index (χ0) is 7.44. The van der Waals surface area contributed by atoms with E-state index in [1.807, 2.05) is 0 Å². The third-order valence-corrected chi connectivity index (χ3v) is 1.69. The van der Waals surface area contributed by atoms with Gasteiger partial charge in [-0.05, 0) is 34.2 Å². The van der Waals surface area contributed by atoms with Crippen molar-refractivity contribution in [2.75, 3.05) is 6.54 Å². The van der Waals surface area contributed by atoms with Crippen LogP contribution >= 0.6 is 0 Å². The SMILES string of the molecule is CCN(C(C)C)C(C)C.F.F.F. The fourth-order valence-corrected chi connectivity index (χ4v) is 1.33. The van der Waals surface area contributed by atoms with E-state index in [9.17, 15) is 0 Å². The molecule has 0 aromatic rings. The minimum Gasteiger partial charge on any atom is -0.299 e. The van der Waals surface area contributed by atoms with E-state index in [0.717, 1.165) is 6.54 Å². The van der Waals surface area contributed by atoms with Gasteiger partial charge in [-0.3, -0.25) is 19.0 Å². The Labute approximate surface area is 73.2 Å². The first-order valence-electron chi connectivity index (χ1n) is 3.85. The standard InChI is InChI=1S/C8H19N.3FH/c1-6-9(7(2)3)8(4)5;;;/h7-8H,6H2,1-5H3;3*1H. The molecule has 0 aromatic carbocycles. The summed E-state index contributed by atoms with van der Waals surface area (Å²) < 4.78 is 0. The quantitative estimate of drug-likeness (QED) is 0.659. The van der Waals surface area contributed by atoms with E-state index in [-0.39, 0.29) is 14.1 Å². The average molecular weight is 189 g/mol. The molecular weight excluding hydrogens is 167 g/mol. The summed E-state index contributed by atoms with van der Waals surface area (Å²) in [5.74, 6) is 0. The fourth-order valence-electron chi connectivity index (χ4n) is 1.33. The van der Waals surface area contributed by atoms with Gasteiger partial charge in [-0.15, -0.1) is 0 Å². The monoisotopic (exact) mass is 189 g/mol. The van der Waals surface area contributed by atoms with E-state index in [1.165, 1.54) is 0 Å².